The number of rotatable bonds is 6. The quantitative estimate of drug-likeness (QED) is 0.560. The molecule has 2 aromatic heterocycles. The van der Waals surface area contributed by atoms with Gasteiger partial charge in [-0.2, -0.15) is 0 Å². The average Bonchev–Trinajstić information content (AvgIpc) is 3.29. The van der Waals surface area contributed by atoms with E-state index in [2.05, 4.69) is 43.6 Å². The average molecular weight is 372 g/mol. The Labute approximate surface area is 162 Å². The van der Waals surface area contributed by atoms with E-state index < -0.39 is 0 Å². The van der Waals surface area contributed by atoms with Crippen molar-refractivity contribution in [2.45, 2.75) is 31.8 Å². The maximum atomic E-state index is 12.5. The van der Waals surface area contributed by atoms with E-state index in [1.165, 1.54) is 5.39 Å². The predicted octanol–water partition coefficient (Wildman–Crippen LogP) is 3.66. The van der Waals surface area contributed by atoms with E-state index in [9.17, 15) is 4.79 Å². The Morgan fingerprint density at radius 1 is 1.11 bits per heavy atom. The van der Waals surface area contributed by atoms with Crippen molar-refractivity contribution in [1.29, 1.82) is 0 Å². The molecule has 4 aromatic rings. The van der Waals surface area contributed by atoms with Gasteiger partial charge in [0.05, 0.1) is 6.04 Å². The smallest absolute Gasteiger partial charge is 0.226 e. The number of hydrogen-bond acceptors (Lipinski definition) is 4. The van der Waals surface area contributed by atoms with Gasteiger partial charge < -0.3 is 9.88 Å². The molecule has 0 atom stereocenters. The van der Waals surface area contributed by atoms with Crippen molar-refractivity contribution in [2.24, 2.45) is 0 Å². The highest BCUT2D eigenvalue weighted by Gasteiger charge is 2.28. The summed E-state index contributed by atoms with van der Waals surface area (Å²) in [6.45, 7) is 0.638. The Kier molecular flexibility index (Phi) is 4.12. The number of carbonyl (C=O) groups excluding carboxylic acids is 1. The summed E-state index contributed by atoms with van der Waals surface area (Å²) in [5.74, 6) is 0.731. The van der Waals surface area contributed by atoms with Crippen molar-refractivity contribution in [1.82, 2.24) is 24.8 Å². The zero-order valence-electron chi connectivity index (χ0n) is 15.3. The second-order valence-electron chi connectivity index (χ2n) is 7.13. The van der Waals surface area contributed by atoms with Crippen LogP contribution in [0.15, 0.2) is 60.8 Å². The van der Waals surface area contributed by atoms with Gasteiger partial charge in [-0.05, 0) is 52.9 Å². The first-order valence-corrected chi connectivity index (χ1v) is 9.50. The van der Waals surface area contributed by atoms with Crippen molar-refractivity contribution in [3.63, 3.8) is 0 Å². The van der Waals surface area contributed by atoms with E-state index in [4.69, 9.17) is 0 Å². The monoisotopic (exact) mass is 372 g/mol. The van der Waals surface area contributed by atoms with Gasteiger partial charge in [0.2, 0.25) is 5.91 Å². The second kappa shape index (κ2) is 6.92. The fraction of sp³-hybridized carbons (Fsp3) is 0.238. The fourth-order valence-corrected chi connectivity index (χ4v) is 3.47. The van der Waals surface area contributed by atoms with Gasteiger partial charge in [-0.25, -0.2) is 4.68 Å². The number of nitrogens with zero attached hydrogens (tertiary/aromatic N) is 5. The van der Waals surface area contributed by atoms with Crippen molar-refractivity contribution in [2.75, 3.05) is 5.32 Å². The van der Waals surface area contributed by atoms with Crippen LogP contribution < -0.4 is 5.32 Å². The number of aryl methyl sites for hydroxylation is 1. The lowest BCUT2D eigenvalue weighted by atomic mass is 10.2. The molecule has 0 saturated heterocycles. The molecule has 0 unspecified atom stereocenters. The molecule has 0 spiro atoms. The molecule has 2 heterocycles. The number of benzene rings is 2. The largest absolute Gasteiger partial charge is 0.347 e. The van der Waals surface area contributed by atoms with E-state index in [0.717, 1.165) is 35.4 Å². The molecule has 7 nitrogen and oxygen atoms in total. The van der Waals surface area contributed by atoms with Gasteiger partial charge in [-0.15, -0.1) is 5.10 Å². The van der Waals surface area contributed by atoms with Crippen LogP contribution in [-0.4, -0.2) is 30.7 Å². The molecule has 1 fully saturated rings. The summed E-state index contributed by atoms with van der Waals surface area (Å²) in [6, 6.07) is 18.3. The maximum Gasteiger partial charge on any atom is 0.226 e. The summed E-state index contributed by atoms with van der Waals surface area (Å²) in [5.41, 5.74) is 2.81. The maximum absolute atomic E-state index is 12.5. The summed E-state index contributed by atoms with van der Waals surface area (Å²) in [6.07, 6.45) is 4.66. The molecule has 1 aliphatic carbocycles. The zero-order chi connectivity index (χ0) is 18.9. The van der Waals surface area contributed by atoms with Crippen LogP contribution in [0, 0.1) is 0 Å². The van der Waals surface area contributed by atoms with Crippen LogP contribution in [0.5, 0.6) is 0 Å². The van der Waals surface area contributed by atoms with Crippen LogP contribution >= 0.6 is 0 Å². The number of para-hydroxylation sites is 1. The lowest BCUT2D eigenvalue weighted by Gasteiger charge is -2.09. The van der Waals surface area contributed by atoms with Crippen molar-refractivity contribution >= 4 is 22.5 Å². The van der Waals surface area contributed by atoms with Crippen molar-refractivity contribution in [3.8, 4) is 11.4 Å². The van der Waals surface area contributed by atoms with Crippen LogP contribution in [0.2, 0.25) is 0 Å². The standard InChI is InChI=1S/C21H20N6O/c28-20(11-13-26-12-10-15-4-1-2-7-19(15)26)22-17-6-3-5-16(14-17)21-23-24-25-27(21)18-8-9-18/h1-7,10,12,14,18H,8-9,11,13H2,(H,22,28). The third-order valence-electron chi connectivity index (χ3n) is 5.05. The van der Waals surface area contributed by atoms with Crippen LogP contribution in [0.3, 0.4) is 0 Å². The molecule has 5 rings (SSSR count). The van der Waals surface area contributed by atoms with E-state index in [1.54, 1.807) is 0 Å². The molecule has 1 N–H and O–H groups in total. The molecular formula is C21H20N6O. The number of tetrazole rings is 1. The van der Waals surface area contributed by atoms with E-state index in [0.29, 0.717) is 19.0 Å². The number of anilines is 1. The Morgan fingerprint density at radius 2 is 2.00 bits per heavy atom. The number of carbonyl (C=O) groups is 1. The van der Waals surface area contributed by atoms with Gasteiger partial charge in [0.1, 0.15) is 0 Å². The minimum atomic E-state index is -0.0169. The molecular weight excluding hydrogens is 352 g/mol. The highest BCUT2D eigenvalue weighted by molar-refractivity contribution is 5.91. The summed E-state index contributed by atoms with van der Waals surface area (Å²) >= 11 is 0. The summed E-state index contributed by atoms with van der Waals surface area (Å²) < 4.78 is 3.98. The first kappa shape index (κ1) is 16.7. The van der Waals surface area contributed by atoms with Gasteiger partial charge in [0.15, 0.2) is 5.82 Å². The Bertz CT molecular complexity index is 1140. The fourth-order valence-electron chi connectivity index (χ4n) is 3.47. The van der Waals surface area contributed by atoms with Gasteiger partial charge in [-0.1, -0.05) is 30.3 Å². The van der Waals surface area contributed by atoms with Crippen LogP contribution in [-0.2, 0) is 11.3 Å². The van der Waals surface area contributed by atoms with Gasteiger partial charge >= 0.3 is 0 Å². The van der Waals surface area contributed by atoms with E-state index in [1.807, 2.05) is 47.3 Å². The molecule has 1 saturated carbocycles. The summed E-state index contributed by atoms with van der Waals surface area (Å²) in [4.78, 5) is 12.5. The molecule has 1 aliphatic rings. The highest BCUT2D eigenvalue weighted by Crippen LogP contribution is 2.36. The Morgan fingerprint density at radius 3 is 2.89 bits per heavy atom. The first-order valence-electron chi connectivity index (χ1n) is 9.50. The van der Waals surface area contributed by atoms with Gasteiger partial charge in [0.25, 0.3) is 0 Å². The van der Waals surface area contributed by atoms with Gasteiger partial charge in [0, 0.05) is 35.9 Å². The third kappa shape index (κ3) is 3.26. The minimum Gasteiger partial charge on any atom is -0.347 e. The first-order chi connectivity index (χ1) is 13.8. The molecule has 0 bridgehead atoms. The number of aromatic nitrogens is 5. The Hall–Kier alpha value is -3.48. The van der Waals surface area contributed by atoms with E-state index in [-0.39, 0.29) is 5.91 Å². The highest BCUT2D eigenvalue weighted by atomic mass is 16.1. The minimum absolute atomic E-state index is 0.0169. The second-order valence-corrected chi connectivity index (χ2v) is 7.13. The van der Waals surface area contributed by atoms with Gasteiger partial charge in [-0.3, -0.25) is 4.79 Å². The predicted molar refractivity (Wildman–Crippen MR) is 107 cm³/mol. The SMILES string of the molecule is O=C(CCn1ccc2ccccc21)Nc1cccc(-c2nnnn2C2CC2)c1. The van der Waals surface area contributed by atoms with Crippen LogP contribution in [0.1, 0.15) is 25.3 Å². The topological polar surface area (TPSA) is 77.6 Å². The lowest BCUT2D eigenvalue weighted by Crippen LogP contribution is -2.14. The normalized spacial score (nSPS) is 13.7. The molecule has 1 amide bonds. The molecule has 28 heavy (non-hydrogen) atoms. The van der Waals surface area contributed by atoms with Crippen molar-refractivity contribution < 1.29 is 4.79 Å². The molecule has 0 radical (unpaired) electrons. The zero-order valence-corrected chi connectivity index (χ0v) is 15.3. The summed E-state index contributed by atoms with van der Waals surface area (Å²) in [7, 11) is 0. The number of hydrogen-bond donors (Lipinski definition) is 1. The molecule has 7 heteroatoms. The van der Waals surface area contributed by atoms with Crippen molar-refractivity contribution in [3.05, 3.63) is 60.8 Å². The van der Waals surface area contributed by atoms with Crippen LogP contribution in [0.4, 0.5) is 5.69 Å². The molecule has 2 aromatic carbocycles. The van der Waals surface area contributed by atoms with Crippen LogP contribution in [0.25, 0.3) is 22.3 Å². The lowest BCUT2D eigenvalue weighted by molar-refractivity contribution is -0.116. The third-order valence-corrected chi connectivity index (χ3v) is 5.05. The molecule has 0 aliphatic heterocycles. The number of nitrogens with one attached hydrogen (secondary N) is 1. The Balaban J connectivity index is 1.27. The summed E-state index contributed by atoms with van der Waals surface area (Å²) in [5, 5.41) is 16.2. The van der Waals surface area contributed by atoms with E-state index >= 15 is 0 Å². The molecule has 140 valence electrons. The number of fused-ring (bicyclic) bond motifs is 1. The number of amides is 1.